The maximum atomic E-state index is 9.05. The molecule has 0 saturated carbocycles. The van der Waals surface area contributed by atoms with Crippen molar-refractivity contribution in [3.63, 3.8) is 0 Å². The van der Waals surface area contributed by atoms with Gasteiger partial charge in [-0.15, -0.1) is 0 Å². The fraction of sp³-hybridized carbons (Fsp3) is 0.462. The Balaban J connectivity index is 2.50. The minimum Gasteiger partial charge on any atom is -0.369 e. The largest absolute Gasteiger partial charge is 0.369 e. The fourth-order valence-corrected chi connectivity index (χ4v) is 2.29. The molecule has 78 valence electrons. The number of nitrogens with zero attached hydrogens (tertiary/aromatic N) is 2. The number of nitriles is 1. The third kappa shape index (κ3) is 1.70. The van der Waals surface area contributed by atoms with Crippen molar-refractivity contribution in [1.82, 2.24) is 0 Å². The Morgan fingerprint density at radius 2 is 2.20 bits per heavy atom. The van der Waals surface area contributed by atoms with Crippen LogP contribution in [0.1, 0.15) is 31.4 Å². The molecule has 1 heterocycles. The van der Waals surface area contributed by atoms with Crippen molar-refractivity contribution < 1.29 is 0 Å². The SMILES string of the molecule is CC(C)N1CCCc2c(C#N)cccc21. The number of benzene rings is 1. The molecule has 1 aromatic rings. The summed E-state index contributed by atoms with van der Waals surface area (Å²) in [6, 6.07) is 8.84. The van der Waals surface area contributed by atoms with E-state index >= 15 is 0 Å². The summed E-state index contributed by atoms with van der Waals surface area (Å²) in [5.41, 5.74) is 3.34. The Labute approximate surface area is 91.1 Å². The smallest absolute Gasteiger partial charge is 0.0995 e. The number of hydrogen-bond donors (Lipinski definition) is 0. The maximum absolute atomic E-state index is 9.05. The molecule has 0 spiro atoms. The number of anilines is 1. The zero-order chi connectivity index (χ0) is 10.8. The highest BCUT2D eigenvalue weighted by molar-refractivity contribution is 5.61. The first kappa shape index (κ1) is 10.0. The molecule has 1 aromatic carbocycles. The molecule has 0 aliphatic carbocycles. The summed E-state index contributed by atoms with van der Waals surface area (Å²) in [4.78, 5) is 2.39. The summed E-state index contributed by atoms with van der Waals surface area (Å²) >= 11 is 0. The lowest BCUT2D eigenvalue weighted by Crippen LogP contribution is -2.35. The van der Waals surface area contributed by atoms with Gasteiger partial charge < -0.3 is 4.90 Å². The van der Waals surface area contributed by atoms with Crippen LogP contribution >= 0.6 is 0 Å². The van der Waals surface area contributed by atoms with E-state index < -0.39 is 0 Å². The van der Waals surface area contributed by atoms with Gasteiger partial charge in [-0.3, -0.25) is 0 Å². The van der Waals surface area contributed by atoms with Gasteiger partial charge in [0.05, 0.1) is 11.6 Å². The average molecular weight is 200 g/mol. The maximum Gasteiger partial charge on any atom is 0.0995 e. The van der Waals surface area contributed by atoms with Gasteiger partial charge >= 0.3 is 0 Å². The molecule has 0 atom stereocenters. The molecule has 0 amide bonds. The van der Waals surface area contributed by atoms with Gasteiger partial charge in [0.1, 0.15) is 0 Å². The molecular weight excluding hydrogens is 184 g/mol. The molecule has 0 N–H and O–H groups in total. The van der Waals surface area contributed by atoms with E-state index in [1.807, 2.05) is 12.1 Å². The molecule has 15 heavy (non-hydrogen) atoms. The summed E-state index contributed by atoms with van der Waals surface area (Å²) in [5.74, 6) is 0. The molecule has 2 rings (SSSR count). The van der Waals surface area contributed by atoms with Crippen LogP contribution in [0.3, 0.4) is 0 Å². The van der Waals surface area contributed by atoms with Gasteiger partial charge in [0.25, 0.3) is 0 Å². The Morgan fingerprint density at radius 1 is 1.40 bits per heavy atom. The third-order valence-electron chi connectivity index (χ3n) is 3.03. The Morgan fingerprint density at radius 3 is 2.87 bits per heavy atom. The highest BCUT2D eigenvalue weighted by Crippen LogP contribution is 2.30. The van der Waals surface area contributed by atoms with E-state index in [-0.39, 0.29) is 0 Å². The van der Waals surface area contributed by atoms with Crippen molar-refractivity contribution in [2.45, 2.75) is 32.7 Å². The zero-order valence-electron chi connectivity index (χ0n) is 9.33. The molecule has 2 nitrogen and oxygen atoms in total. The van der Waals surface area contributed by atoms with E-state index in [0.29, 0.717) is 6.04 Å². The first-order valence-corrected chi connectivity index (χ1v) is 5.52. The fourth-order valence-electron chi connectivity index (χ4n) is 2.29. The van der Waals surface area contributed by atoms with Crippen molar-refractivity contribution in [3.05, 3.63) is 29.3 Å². The normalized spacial score (nSPS) is 14.9. The predicted molar refractivity (Wildman–Crippen MR) is 62.0 cm³/mol. The quantitative estimate of drug-likeness (QED) is 0.697. The van der Waals surface area contributed by atoms with Crippen molar-refractivity contribution in [2.24, 2.45) is 0 Å². The van der Waals surface area contributed by atoms with Crippen molar-refractivity contribution in [3.8, 4) is 6.07 Å². The monoisotopic (exact) mass is 200 g/mol. The van der Waals surface area contributed by atoms with Crippen LogP contribution in [0.15, 0.2) is 18.2 Å². The number of hydrogen-bond acceptors (Lipinski definition) is 2. The first-order valence-electron chi connectivity index (χ1n) is 5.52. The molecule has 0 fully saturated rings. The minimum absolute atomic E-state index is 0.512. The van der Waals surface area contributed by atoms with E-state index in [0.717, 1.165) is 24.9 Å². The van der Waals surface area contributed by atoms with Gasteiger partial charge in [-0.1, -0.05) is 6.07 Å². The predicted octanol–water partition coefficient (Wildman–Crippen LogP) is 2.72. The second-order valence-electron chi connectivity index (χ2n) is 4.31. The second-order valence-corrected chi connectivity index (χ2v) is 4.31. The molecule has 1 aliphatic heterocycles. The van der Waals surface area contributed by atoms with Crippen molar-refractivity contribution >= 4 is 5.69 Å². The van der Waals surface area contributed by atoms with Crippen LogP contribution < -0.4 is 4.90 Å². The molecule has 2 heteroatoms. The van der Waals surface area contributed by atoms with E-state index in [1.54, 1.807) is 0 Å². The van der Waals surface area contributed by atoms with Gasteiger partial charge in [0, 0.05) is 18.3 Å². The van der Waals surface area contributed by atoms with E-state index in [2.05, 4.69) is 30.9 Å². The standard InChI is InChI=1S/C13H16N2/c1-10(2)15-8-4-6-12-11(9-14)5-3-7-13(12)15/h3,5,7,10H,4,6,8H2,1-2H3. The average Bonchev–Trinajstić information content (AvgIpc) is 2.27. The molecule has 0 saturated heterocycles. The highest BCUT2D eigenvalue weighted by atomic mass is 15.2. The van der Waals surface area contributed by atoms with Gasteiger partial charge in [-0.2, -0.15) is 5.26 Å². The third-order valence-corrected chi connectivity index (χ3v) is 3.03. The van der Waals surface area contributed by atoms with E-state index in [1.165, 1.54) is 11.3 Å². The minimum atomic E-state index is 0.512. The van der Waals surface area contributed by atoms with Crippen LogP contribution in [0, 0.1) is 11.3 Å². The van der Waals surface area contributed by atoms with Crippen LogP contribution in [0.25, 0.3) is 0 Å². The van der Waals surface area contributed by atoms with Crippen LogP contribution in [-0.4, -0.2) is 12.6 Å². The zero-order valence-corrected chi connectivity index (χ0v) is 9.33. The summed E-state index contributed by atoms with van der Waals surface area (Å²) in [6.07, 6.45) is 2.20. The lowest BCUT2D eigenvalue weighted by molar-refractivity contribution is 0.625. The second kappa shape index (κ2) is 3.94. The number of rotatable bonds is 1. The topological polar surface area (TPSA) is 27.0 Å². The van der Waals surface area contributed by atoms with Crippen LogP contribution in [-0.2, 0) is 6.42 Å². The Bertz CT molecular complexity index is 401. The van der Waals surface area contributed by atoms with E-state index in [4.69, 9.17) is 5.26 Å². The van der Waals surface area contributed by atoms with Gasteiger partial charge in [-0.05, 0) is 44.4 Å². The lowest BCUT2D eigenvalue weighted by atomic mass is 9.96. The molecule has 0 bridgehead atoms. The Hall–Kier alpha value is -1.49. The molecule has 0 aromatic heterocycles. The molecule has 0 radical (unpaired) electrons. The van der Waals surface area contributed by atoms with Crippen LogP contribution in [0.4, 0.5) is 5.69 Å². The summed E-state index contributed by atoms with van der Waals surface area (Å²) < 4.78 is 0. The van der Waals surface area contributed by atoms with Gasteiger partial charge in [0.15, 0.2) is 0 Å². The lowest BCUT2D eigenvalue weighted by Gasteiger charge is -2.35. The molecule has 0 unspecified atom stereocenters. The number of fused-ring (bicyclic) bond motifs is 1. The van der Waals surface area contributed by atoms with Gasteiger partial charge in [-0.25, -0.2) is 0 Å². The Kier molecular flexibility index (Phi) is 2.64. The summed E-state index contributed by atoms with van der Waals surface area (Å²) in [5, 5.41) is 9.05. The highest BCUT2D eigenvalue weighted by Gasteiger charge is 2.20. The van der Waals surface area contributed by atoms with E-state index in [9.17, 15) is 0 Å². The molecular formula is C13H16N2. The molecule has 1 aliphatic rings. The summed E-state index contributed by atoms with van der Waals surface area (Å²) in [7, 11) is 0. The van der Waals surface area contributed by atoms with Crippen molar-refractivity contribution in [1.29, 1.82) is 5.26 Å². The summed E-state index contributed by atoms with van der Waals surface area (Å²) in [6.45, 7) is 5.52. The van der Waals surface area contributed by atoms with Gasteiger partial charge in [0.2, 0.25) is 0 Å². The van der Waals surface area contributed by atoms with Crippen LogP contribution in [0.2, 0.25) is 0 Å². The van der Waals surface area contributed by atoms with Crippen LogP contribution in [0.5, 0.6) is 0 Å². The van der Waals surface area contributed by atoms with Crippen molar-refractivity contribution in [2.75, 3.05) is 11.4 Å². The first-order chi connectivity index (χ1) is 7.24.